The Hall–Kier alpha value is -2.49. The van der Waals surface area contributed by atoms with Crippen molar-refractivity contribution in [2.24, 2.45) is 4.99 Å². The number of halogens is 3. The molecule has 3 N–H and O–H groups in total. The molecule has 7 nitrogen and oxygen atoms in total. The molecule has 10 heteroatoms. The Morgan fingerprint density at radius 2 is 2.00 bits per heavy atom. The lowest BCUT2D eigenvalue weighted by atomic mass is 10.2. The first-order valence-electron chi connectivity index (χ1n) is 8.95. The van der Waals surface area contributed by atoms with E-state index in [-0.39, 0.29) is 25.0 Å². The van der Waals surface area contributed by atoms with E-state index >= 15 is 0 Å². The number of nitrogens with one attached hydrogen (secondary N) is 3. The smallest absolute Gasteiger partial charge is 0.401 e. The summed E-state index contributed by atoms with van der Waals surface area (Å²) in [5.74, 6) is 0.912. The van der Waals surface area contributed by atoms with Crippen molar-refractivity contribution in [2.75, 3.05) is 40.3 Å². The van der Waals surface area contributed by atoms with Gasteiger partial charge in [0.25, 0.3) is 0 Å². The van der Waals surface area contributed by atoms with Crippen molar-refractivity contribution < 1.29 is 22.7 Å². The Labute approximate surface area is 162 Å². The molecule has 156 valence electrons. The van der Waals surface area contributed by atoms with E-state index in [0.717, 1.165) is 11.3 Å². The molecule has 2 rings (SSSR count). The number of rotatable bonds is 7. The number of carbonyl (C=O) groups is 1. The third-order valence-corrected chi connectivity index (χ3v) is 4.30. The van der Waals surface area contributed by atoms with Gasteiger partial charge >= 0.3 is 6.18 Å². The molecule has 0 spiro atoms. The highest BCUT2D eigenvalue weighted by Crippen LogP contribution is 2.19. The van der Waals surface area contributed by atoms with Crippen molar-refractivity contribution >= 4 is 11.9 Å². The van der Waals surface area contributed by atoms with Gasteiger partial charge in [0.15, 0.2) is 5.96 Å². The molecule has 0 radical (unpaired) electrons. The Morgan fingerprint density at radius 1 is 1.29 bits per heavy atom. The second-order valence-corrected chi connectivity index (χ2v) is 6.53. The normalized spacial score (nSPS) is 18.0. The fourth-order valence-electron chi connectivity index (χ4n) is 2.91. The number of guanidine groups is 1. The van der Waals surface area contributed by atoms with E-state index in [1.165, 1.54) is 4.90 Å². The van der Waals surface area contributed by atoms with Gasteiger partial charge in [0.2, 0.25) is 5.91 Å². The lowest BCUT2D eigenvalue weighted by Crippen LogP contribution is -2.47. The third-order valence-electron chi connectivity index (χ3n) is 4.30. The molecule has 0 bridgehead atoms. The molecule has 1 aliphatic rings. The van der Waals surface area contributed by atoms with Crippen LogP contribution in [0, 0.1) is 0 Å². The zero-order chi connectivity index (χ0) is 20.6. The highest BCUT2D eigenvalue weighted by Gasteiger charge is 2.34. The minimum Gasteiger partial charge on any atom is -0.497 e. The van der Waals surface area contributed by atoms with Crippen molar-refractivity contribution in [2.45, 2.75) is 25.2 Å². The quantitative estimate of drug-likeness (QED) is 0.471. The molecule has 28 heavy (non-hydrogen) atoms. The average Bonchev–Trinajstić information content (AvgIpc) is 3.08. The van der Waals surface area contributed by atoms with Gasteiger partial charge in [-0.2, -0.15) is 13.2 Å². The number of nitrogens with zero attached hydrogens (tertiary/aromatic N) is 2. The summed E-state index contributed by atoms with van der Waals surface area (Å²) in [4.78, 5) is 17.4. The molecule has 1 unspecified atom stereocenters. The van der Waals surface area contributed by atoms with E-state index in [4.69, 9.17) is 4.74 Å². The van der Waals surface area contributed by atoms with Crippen LogP contribution in [0.4, 0.5) is 13.2 Å². The number of amides is 1. The van der Waals surface area contributed by atoms with E-state index < -0.39 is 12.7 Å². The van der Waals surface area contributed by atoms with Crippen molar-refractivity contribution in [1.82, 2.24) is 20.9 Å². The maximum atomic E-state index is 12.5. The molecule has 1 saturated heterocycles. The standard InChI is InChI=1S/C18H26F3N5O2/c1-22-17(25-14-7-8-26(11-14)12-18(19,20)21)24-10-16(27)23-9-13-3-5-15(28-2)6-4-13/h3-6,14H,7-12H2,1-2H3,(H,23,27)(H2,22,24,25). The van der Waals surface area contributed by atoms with Gasteiger partial charge in [0.1, 0.15) is 5.75 Å². The van der Waals surface area contributed by atoms with Gasteiger partial charge in [0.05, 0.1) is 20.2 Å². The maximum absolute atomic E-state index is 12.5. The summed E-state index contributed by atoms with van der Waals surface area (Å²) in [5.41, 5.74) is 0.937. The Kier molecular flexibility index (Phi) is 7.91. The molecule has 1 atom stereocenters. The van der Waals surface area contributed by atoms with Gasteiger partial charge in [-0.3, -0.25) is 14.7 Å². The highest BCUT2D eigenvalue weighted by molar-refractivity contribution is 5.86. The van der Waals surface area contributed by atoms with Crippen LogP contribution in [0.1, 0.15) is 12.0 Å². The number of ether oxygens (including phenoxy) is 1. The summed E-state index contributed by atoms with van der Waals surface area (Å²) in [6, 6.07) is 7.21. The number of methoxy groups -OCH3 is 1. The van der Waals surface area contributed by atoms with Crippen LogP contribution in [-0.4, -0.2) is 69.3 Å². The van der Waals surface area contributed by atoms with Crippen molar-refractivity contribution in [1.29, 1.82) is 0 Å². The molecule has 1 aromatic carbocycles. The molecule has 1 heterocycles. The molecular weight excluding hydrogens is 375 g/mol. The zero-order valence-electron chi connectivity index (χ0n) is 16.0. The van der Waals surface area contributed by atoms with Crippen LogP contribution in [0.5, 0.6) is 5.75 Å². The summed E-state index contributed by atoms with van der Waals surface area (Å²) in [5, 5.41) is 8.72. The lowest BCUT2D eigenvalue weighted by Gasteiger charge is -2.19. The van der Waals surface area contributed by atoms with Gasteiger partial charge in [-0.25, -0.2) is 0 Å². The molecule has 1 aliphatic heterocycles. The van der Waals surface area contributed by atoms with Crippen LogP contribution in [0.2, 0.25) is 0 Å². The van der Waals surface area contributed by atoms with E-state index in [1.807, 2.05) is 24.3 Å². The number of alkyl halides is 3. The first kappa shape index (κ1) is 21.8. The summed E-state index contributed by atoms with van der Waals surface area (Å²) in [7, 11) is 3.13. The first-order chi connectivity index (χ1) is 13.3. The van der Waals surface area contributed by atoms with Crippen molar-refractivity contribution in [3.63, 3.8) is 0 Å². The van der Waals surface area contributed by atoms with Crippen LogP contribution < -0.4 is 20.7 Å². The Morgan fingerprint density at radius 3 is 2.61 bits per heavy atom. The van der Waals surface area contributed by atoms with E-state index in [0.29, 0.717) is 25.5 Å². The summed E-state index contributed by atoms with van der Waals surface area (Å²) >= 11 is 0. The third kappa shape index (κ3) is 7.63. The van der Waals surface area contributed by atoms with Gasteiger partial charge < -0.3 is 20.7 Å². The molecule has 1 aromatic rings. The largest absolute Gasteiger partial charge is 0.497 e. The predicted octanol–water partition coefficient (Wildman–Crippen LogP) is 1.11. The van der Waals surface area contributed by atoms with Gasteiger partial charge in [-0.1, -0.05) is 12.1 Å². The first-order valence-corrected chi connectivity index (χ1v) is 8.95. The van der Waals surface area contributed by atoms with Gasteiger partial charge in [-0.15, -0.1) is 0 Å². The van der Waals surface area contributed by atoms with Crippen molar-refractivity contribution in [3.8, 4) is 5.75 Å². The number of benzene rings is 1. The highest BCUT2D eigenvalue weighted by atomic mass is 19.4. The fourth-order valence-corrected chi connectivity index (χ4v) is 2.91. The van der Waals surface area contributed by atoms with Crippen LogP contribution >= 0.6 is 0 Å². The van der Waals surface area contributed by atoms with Crippen LogP contribution in [0.25, 0.3) is 0 Å². The molecule has 1 fully saturated rings. The van der Waals surface area contributed by atoms with Crippen molar-refractivity contribution in [3.05, 3.63) is 29.8 Å². The number of likely N-dealkylation sites (tertiary alicyclic amines) is 1. The summed E-state index contributed by atoms with van der Waals surface area (Å²) < 4.78 is 42.5. The lowest BCUT2D eigenvalue weighted by molar-refractivity contribution is -0.143. The topological polar surface area (TPSA) is 78.0 Å². The van der Waals surface area contributed by atoms with E-state index in [9.17, 15) is 18.0 Å². The van der Waals surface area contributed by atoms with Gasteiger partial charge in [-0.05, 0) is 24.1 Å². The van der Waals surface area contributed by atoms with Crippen LogP contribution in [0.3, 0.4) is 0 Å². The predicted molar refractivity (Wildman–Crippen MR) is 100 cm³/mol. The zero-order valence-corrected chi connectivity index (χ0v) is 16.0. The molecule has 0 saturated carbocycles. The monoisotopic (exact) mass is 401 g/mol. The van der Waals surface area contributed by atoms with Crippen LogP contribution in [-0.2, 0) is 11.3 Å². The summed E-state index contributed by atoms with van der Waals surface area (Å²) in [6.07, 6.45) is -3.61. The maximum Gasteiger partial charge on any atom is 0.401 e. The second kappa shape index (κ2) is 10.2. The SMILES string of the molecule is CN=C(NCC(=O)NCc1ccc(OC)cc1)NC1CCN(CC(F)(F)F)C1. The van der Waals surface area contributed by atoms with Crippen LogP contribution in [0.15, 0.2) is 29.3 Å². The molecular formula is C18H26F3N5O2. The number of hydrogen-bond acceptors (Lipinski definition) is 4. The minimum absolute atomic E-state index is 0.00874. The summed E-state index contributed by atoms with van der Waals surface area (Å²) in [6.45, 7) is 0.131. The fraction of sp³-hybridized carbons (Fsp3) is 0.556. The van der Waals surface area contributed by atoms with Gasteiger partial charge in [0, 0.05) is 32.7 Å². The van der Waals surface area contributed by atoms with E-state index in [2.05, 4.69) is 20.9 Å². The number of hydrogen-bond donors (Lipinski definition) is 3. The molecule has 0 aliphatic carbocycles. The number of carbonyl (C=O) groups excluding carboxylic acids is 1. The minimum atomic E-state index is -4.20. The second-order valence-electron chi connectivity index (χ2n) is 6.53. The molecule has 0 aromatic heterocycles. The Bertz CT molecular complexity index is 664. The van der Waals surface area contributed by atoms with E-state index in [1.54, 1.807) is 14.2 Å². The average molecular weight is 401 g/mol. The molecule has 1 amide bonds. The number of aliphatic imine (C=N–C) groups is 1. The Balaban J connectivity index is 1.69.